The molecule has 1 amide bonds. The quantitative estimate of drug-likeness (QED) is 0.761. The summed E-state index contributed by atoms with van der Waals surface area (Å²) in [6.07, 6.45) is 0. The number of carbonyl (C=O) groups is 1. The maximum absolute atomic E-state index is 12.0. The van der Waals surface area contributed by atoms with Gasteiger partial charge in [0.05, 0.1) is 24.4 Å². The summed E-state index contributed by atoms with van der Waals surface area (Å²) in [4.78, 5) is 12.6. The largest absolute Gasteiger partial charge is 0.320 e. The van der Waals surface area contributed by atoms with Crippen molar-refractivity contribution < 1.29 is 4.79 Å². The van der Waals surface area contributed by atoms with Crippen molar-refractivity contribution in [3.63, 3.8) is 0 Å². The number of hydrogen-bond acceptors (Lipinski definition) is 2. The van der Waals surface area contributed by atoms with Crippen LogP contribution in [-0.4, -0.2) is 5.91 Å². The Kier molecular flexibility index (Phi) is 4.33. The van der Waals surface area contributed by atoms with Gasteiger partial charge in [0.2, 0.25) is 0 Å². The van der Waals surface area contributed by atoms with Crippen LogP contribution in [0.15, 0.2) is 28.1 Å². The Balaban J connectivity index is 2.24. The zero-order valence-electron chi connectivity index (χ0n) is 9.26. The van der Waals surface area contributed by atoms with E-state index in [1.165, 1.54) is 11.3 Å². The molecule has 0 saturated heterocycles. The van der Waals surface area contributed by atoms with Gasteiger partial charge in [-0.3, -0.25) is 4.79 Å². The number of amides is 1. The molecule has 0 atom stereocenters. The smallest absolute Gasteiger partial charge is 0.265 e. The normalized spacial score (nSPS) is 10.4. The van der Waals surface area contributed by atoms with Crippen LogP contribution in [0.5, 0.6) is 0 Å². The predicted molar refractivity (Wildman–Crippen MR) is 81.2 cm³/mol. The molecule has 2 aromatic rings. The molecule has 6 heteroatoms. The molecule has 1 aromatic heterocycles. The fourth-order valence-electron chi connectivity index (χ4n) is 1.36. The minimum Gasteiger partial charge on any atom is -0.320 e. The van der Waals surface area contributed by atoms with Gasteiger partial charge in [-0.25, -0.2) is 0 Å². The standard InChI is InChI=1S/C12H8BrCl2NOS/c1-6-5-9(18-11(6)13)12(17)16-8-4-2-3-7(14)10(8)15/h2-5H,1H3,(H,16,17). The lowest BCUT2D eigenvalue weighted by Crippen LogP contribution is -2.10. The lowest BCUT2D eigenvalue weighted by molar-refractivity contribution is 0.103. The molecule has 1 N–H and O–H groups in total. The van der Waals surface area contributed by atoms with Crippen LogP contribution in [0.3, 0.4) is 0 Å². The van der Waals surface area contributed by atoms with E-state index in [9.17, 15) is 4.79 Å². The third kappa shape index (κ3) is 2.88. The Morgan fingerprint density at radius 1 is 1.39 bits per heavy atom. The number of hydrogen-bond donors (Lipinski definition) is 1. The molecule has 94 valence electrons. The number of carbonyl (C=O) groups excluding carboxylic acids is 1. The van der Waals surface area contributed by atoms with E-state index < -0.39 is 0 Å². The van der Waals surface area contributed by atoms with E-state index in [2.05, 4.69) is 21.2 Å². The zero-order chi connectivity index (χ0) is 13.3. The van der Waals surface area contributed by atoms with E-state index in [0.717, 1.165) is 9.35 Å². The van der Waals surface area contributed by atoms with E-state index in [1.54, 1.807) is 18.2 Å². The molecule has 0 spiro atoms. The maximum atomic E-state index is 12.0. The predicted octanol–water partition coefficient (Wildman–Crippen LogP) is 5.38. The molecular formula is C12H8BrCl2NOS. The van der Waals surface area contributed by atoms with Crippen LogP contribution in [-0.2, 0) is 0 Å². The molecule has 18 heavy (non-hydrogen) atoms. The summed E-state index contributed by atoms with van der Waals surface area (Å²) in [5.74, 6) is -0.196. The van der Waals surface area contributed by atoms with Crippen molar-refractivity contribution in [3.05, 3.63) is 48.5 Å². The van der Waals surface area contributed by atoms with Crippen molar-refractivity contribution in [3.8, 4) is 0 Å². The third-order valence-electron chi connectivity index (χ3n) is 2.28. The second-order valence-electron chi connectivity index (χ2n) is 3.62. The van der Waals surface area contributed by atoms with Crippen LogP contribution in [0.25, 0.3) is 0 Å². The SMILES string of the molecule is Cc1cc(C(=O)Nc2cccc(Cl)c2Cl)sc1Br. The Morgan fingerprint density at radius 3 is 2.72 bits per heavy atom. The first-order valence-electron chi connectivity index (χ1n) is 5.00. The van der Waals surface area contributed by atoms with E-state index in [1.807, 2.05) is 13.0 Å². The number of rotatable bonds is 2. The summed E-state index contributed by atoms with van der Waals surface area (Å²) < 4.78 is 0.949. The van der Waals surface area contributed by atoms with Gasteiger partial charge in [0, 0.05) is 0 Å². The second kappa shape index (κ2) is 5.61. The third-order valence-corrected chi connectivity index (χ3v) is 5.24. The monoisotopic (exact) mass is 363 g/mol. The fourth-order valence-corrected chi connectivity index (χ4v) is 3.13. The molecular weight excluding hydrogens is 357 g/mol. The molecule has 1 aromatic carbocycles. The lowest BCUT2D eigenvalue weighted by atomic mass is 10.3. The highest BCUT2D eigenvalue weighted by Gasteiger charge is 2.13. The van der Waals surface area contributed by atoms with E-state index in [-0.39, 0.29) is 5.91 Å². The van der Waals surface area contributed by atoms with Gasteiger partial charge in [-0.1, -0.05) is 29.3 Å². The molecule has 2 rings (SSSR count). The van der Waals surface area contributed by atoms with Gasteiger partial charge in [-0.05, 0) is 46.6 Å². The Hall–Kier alpha value is -0.550. The summed E-state index contributed by atoms with van der Waals surface area (Å²) in [5, 5.41) is 3.50. The van der Waals surface area contributed by atoms with E-state index in [0.29, 0.717) is 20.6 Å². The summed E-state index contributed by atoms with van der Waals surface area (Å²) in [7, 11) is 0. The van der Waals surface area contributed by atoms with Crippen LogP contribution in [0.4, 0.5) is 5.69 Å². The van der Waals surface area contributed by atoms with Gasteiger partial charge >= 0.3 is 0 Å². The van der Waals surface area contributed by atoms with Crippen LogP contribution >= 0.6 is 50.5 Å². The van der Waals surface area contributed by atoms with Crippen molar-refractivity contribution in [2.24, 2.45) is 0 Å². The molecule has 1 heterocycles. The highest BCUT2D eigenvalue weighted by atomic mass is 79.9. The molecule has 0 fully saturated rings. The number of halogens is 3. The minimum absolute atomic E-state index is 0.196. The van der Waals surface area contributed by atoms with Crippen molar-refractivity contribution in [1.29, 1.82) is 0 Å². The summed E-state index contributed by atoms with van der Waals surface area (Å²) in [6, 6.07) is 6.94. The van der Waals surface area contributed by atoms with Crippen LogP contribution in [0.1, 0.15) is 15.2 Å². The molecule has 0 radical (unpaired) electrons. The minimum atomic E-state index is -0.196. The van der Waals surface area contributed by atoms with Gasteiger partial charge in [0.25, 0.3) is 5.91 Å². The molecule has 0 aliphatic rings. The molecule has 0 unspecified atom stereocenters. The van der Waals surface area contributed by atoms with Gasteiger partial charge in [-0.15, -0.1) is 11.3 Å². The Labute approximate surface area is 127 Å². The second-order valence-corrected chi connectivity index (χ2v) is 6.78. The van der Waals surface area contributed by atoms with Crippen molar-refractivity contribution in [1.82, 2.24) is 0 Å². The Morgan fingerprint density at radius 2 is 2.11 bits per heavy atom. The zero-order valence-corrected chi connectivity index (χ0v) is 13.2. The van der Waals surface area contributed by atoms with E-state index >= 15 is 0 Å². The van der Waals surface area contributed by atoms with Crippen LogP contribution < -0.4 is 5.32 Å². The first-order chi connectivity index (χ1) is 8.49. The van der Waals surface area contributed by atoms with Gasteiger partial charge in [0.15, 0.2) is 0 Å². The molecule has 0 bridgehead atoms. The van der Waals surface area contributed by atoms with Crippen LogP contribution in [0.2, 0.25) is 10.0 Å². The van der Waals surface area contributed by atoms with E-state index in [4.69, 9.17) is 23.2 Å². The van der Waals surface area contributed by atoms with Crippen LogP contribution in [0, 0.1) is 6.92 Å². The fraction of sp³-hybridized carbons (Fsp3) is 0.0833. The number of thiophene rings is 1. The molecule has 0 saturated carbocycles. The number of benzene rings is 1. The summed E-state index contributed by atoms with van der Waals surface area (Å²) in [5.41, 5.74) is 1.54. The lowest BCUT2D eigenvalue weighted by Gasteiger charge is -2.06. The number of anilines is 1. The average Bonchev–Trinajstić information content (AvgIpc) is 2.66. The molecule has 0 aliphatic carbocycles. The average molecular weight is 365 g/mol. The highest BCUT2D eigenvalue weighted by molar-refractivity contribution is 9.11. The van der Waals surface area contributed by atoms with Crippen molar-refractivity contribution >= 4 is 62.1 Å². The Bertz CT molecular complexity index is 593. The van der Waals surface area contributed by atoms with Crippen molar-refractivity contribution in [2.75, 3.05) is 5.32 Å². The first-order valence-corrected chi connectivity index (χ1v) is 7.37. The van der Waals surface area contributed by atoms with Gasteiger partial charge in [0.1, 0.15) is 0 Å². The number of nitrogens with one attached hydrogen (secondary N) is 1. The first kappa shape index (κ1) is 13.9. The van der Waals surface area contributed by atoms with Crippen molar-refractivity contribution in [2.45, 2.75) is 6.92 Å². The number of aryl methyl sites for hydroxylation is 1. The molecule has 0 aliphatic heterocycles. The molecule has 2 nitrogen and oxygen atoms in total. The topological polar surface area (TPSA) is 29.1 Å². The highest BCUT2D eigenvalue weighted by Crippen LogP contribution is 2.31. The maximum Gasteiger partial charge on any atom is 0.265 e. The van der Waals surface area contributed by atoms with Gasteiger partial charge in [-0.2, -0.15) is 0 Å². The van der Waals surface area contributed by atoms with Gasteiger partial charge < -0.3 is 5.32 Å². The summed E-state index contributed by atoms with van der Waals surface area (Å²) in [6.45, 7) is 1.93. The summed E-state index contributed by atoms with van der Waals surface area (Å²) >= 11 is 16.7.